The van der Waals surface area contributed by atoms with Gasteiger partial charge in [0.2, 0.25) is 5.76 Å². The third-order valence-electron chi connectivity index (χ3n) is 3.90. The van der Waals surface area contributed by atoms with Gasteiger partial charge in [0.05, 0.1) is 0 Å². The molecule has 2 aromatic heterocycles. The van der Waals surface area contributed by atoms with Crippen LogP contribution in [-0.4, -0.2) is 32.4 Å². The number of hydrogen-bond acceptors (Lipinski definition) is 5. The number of para-hydroxylation sites is 1. The van der Waals surface area contributed by atoms with E-state index in [0.29, 0.717) is 33.1 Å². The molecule has 0 unspecified atom stereocenters. The fourth-order valence-electron chi connectivity index (χ4n) is 2.70. The van der Waals surface area contributed by atoms with E-state index in [4.69, 9.17) is 4.42 Å². The van der Waals surface area contributed by atoms with Crippen molar-refractivity contribution in [3.05, 3.63) is 59.4 Å². The van der Waals surface area contributed by atoms with Gasteiger partial charge in [0.1, 0.15) is 16.6 Å². The summed E-state index contributed by atoms with van der Waals surface area (Å²) in [6, 6.07) is 11.9. The molecule has 25 heavy (non-hydrogen) atoms. The lowest BCUT2D eigenvalue weighted by molar-refractivity contribution is 0.0662. The highest BCUT2D eigenvalue weighted by Gasteiger charge is 2.20. The Hall–Kier alpha value is -3.68. The van der Waals surface area contributed by atoms with E-state index < -0.39 is 5.97 Å². The van der Waals surface area contributed by atoms with E-state index in [2.05, 4.69) is 20.7 Å². The Balaban J connectivity index is 1.62. The fourth-order valence-corrected chi connectivity index (χ4v) is 2.70. The van der Waals surface area contributed by atoms with Gasteiger partial charge in [0.25, 0.3) is 5.91 Å². The summed E-state index contributed by atoms with van der Waals surface area (Å²) in [6.45, 7) is 0.0360. The minimum Gasteiger partial charge on any atom is -0.475 e. The quantitative estimate of drug-likeness (QED) is 0.526. The monoisotopic (exact) mass is 336 g/mol. The smallest absolute Gasteiger partial charge is 0.372 e. The Labute approximate surface area is 140 Å². The number of carboxylic acid groups (broad SMARTS) is 1. The molecule has 1 amide bonds. The molecule has 2 heterocycles. The summed E-state index contributed by atoms with van der Waals surface area (Å²) in [7, 11) is 0. The van der Waals surface area contributed by atoms with Gasteiger partial charge in [-0.25, -0.2) is 4.79 Å². The number of aromatic amines is 1. The second kappa shape index (κ2) is 5.75. The molecule has 2 aromatic carbocycles. The minimum absolute atomic E-state index is 0.0360. The van der Waals surface area contributed by atoms with E-state index in [1.165, 1.54) is 0 Å². The maximum absolute atomic E-state index is 12.4. The molecule has 124 valence electrons. The third kappa shape index (κ3) is 2.59. The molecule has 0 bridgehead atoms. The number of nitrogens with zero attached hydrogens (tertiary/aromatic N) is 2. The summed E-state index contributed by atoms with van der Waals surface area (Å²) in [6.07, 6.45) is 0. The normalized spacial score (nSPS) is 11.0. The first-order valence-corrected chi connectivity index (χ1v) is 7.46. The van der Waals surface area contributed by atoms with Gasteiger partial charge in [0.15, 0.2) is 0 Å². The number of benzene rings is 2. The maximum atomic E-state index is 12.4. The number of H-pyrrole nitrogens is 1. The van der Waals surface area contributed by atoms with Crippen LogP contribution in [0, 0.1) is 0 Å². The van der Waals surface area contributed by atoms with Crippen LogP contribution >= 0.6 is 0 Å². The Morgan fingerprint density at radius 2 is 1.92 bits per heavy atom. The zero-order chi connectivity index (χ0) is 17.4. The van der Waals surface area contributed by atoms with Crippen LogP contribution in [0.3, 0.4) is 0 Å². The number of nitrogens with one attached hydrogen (secondary N) is 2. The van der Waals surface area contributed by atoms with Gasteiger partial charge in [-0.05, 0) is 24.3 Å². The lowest BCUT2D eigenvalue weighted by atomic mass is 10.1. The van der Waals surface area contributed by atoms with Gasteiger partial charge in [-0.3, -0.25) is 4.79 Å². The van der Waals surface area contributed by atoms with Gasteiger partial charge in [-0.2, -0.15) is 15.4 Å². The number of furan rings is 1. The van der Waals surface area contributed by atoms with Crippen LogP contribution in [0.5, 0.6) is 0 Å². The van der Waals surface area contributed by atoms with E-state index in [-0.39, 0.29) is 18.2 Å². The molecule has 0 saturated heterocycles. The molecule has 4 rings (SSSR count). The number of rotatable bonds is 4. The molecule has 0 atom stereocenters. The van der Waals surface area contributed by atoms with Crippen LogP contribution in [0.2, 0.25) is 0 Å². The molecule has 8 heteroatoms. The predicted molar refractivity (Wildman–Crippen MR) is 88.2 cm³/mol. The fraction of sp³-hybridized carbons (Fsp3) is 0.0588. The van der Waals surface area contributed by atoms with Crippen molar-refractivity contribution >= 4 is 33.9 Å². The number of fused-ring (bicyclic) bond motifs is 2. The molecular weight excluding hydrogens is 324 g/mol. The maximum Gasteiger partial charge on any atom is 0.372 e. The summed E-state index contributed by atoms with van der Waals surface area (Å²) in [5.41, 5.74) is 2.54. The lowest BCUT2D eigenvalue weighted by Gasteiger charge is -2.05. The molecule has 0 radical (unpaired) electrons. The molecule has 3 N–H and O–H groups in total. The van der Waals surface area contributed by atoms with Gasteiger partial charge in [-0.15, -0.1) is 0 Å². The van der Waals surface area contributed by atoms with E-state index >= 15 is 0 Å². The second-order valence-corrected chi connectivity index (χ2v) is 5.42. The lowest BCUT2D eigenvalue weighted by Crippen LogP contribution is -2.23. The first kappa shape index (κ1) is 14.9. The van der Waals surface area contributed by atoms with Crippen molar-refractivity contribution in [3.8, 4) is 0 Å². The molecule has 0 fully saturated rings. The van der Waals surface area contributed by atoms with E-state index in [1.54, 1.807) is 42.5 Å². The summed E-state index contributed by atoms with van der Waals surface area (Å²) in [5, 5.41) is 23.1. The van der Waals surface area contributed by atoms with Crippen LogP contribution in [0.25, 0.3) is 22.0 Å². The van der Waals surface area contributed by atoms with Crippen molar-refractivity contribution in [2.75, 3.05) is 0 Å². The van der Waals surface area contributed by atoms with E-state index in [1.807, 2.05) is 0 Å². The second-order valence-electron chi connectivity index (χ2n) is 5.42. The third-order valence-corrected chi connectivity index (χ3v) is 3.90. The summed E-state index contributed by atoms with van der Waals surface area (Å²) in [4.78, 5) is 23.8. The molecule has 4 aromatic rings. The SMILES string of the molecule is O=C(NCc1c(C(=O)O)oc2ccccc12)c1ccc2n[nH]nc2c1. The minimum atomic E-state index is -1.18. The average molecular weight is 336 g/mol. The van der Waals surface area contributed by atoms with Crippen molar-refractivity contribution in [2.24, 2.45) is 0 Å². The van der Waals surface area contributed by atoms with Gasteiger partial charge in [-0.1, -0.05) is 18.2 Å². The summed E-state index contributed by atoms with van der Waals surface area (Å²) >= 11 is 0. The highest BCUT2D eigenvalue weighted by molar-refractivity contribution is 5.98. The zero-order valence-corrected chi connectivity index (χ0v) is 12.8. The Morgan fingerprint density at radius 1 is 1.12 bits per heavy atom. The number of aromatic carboxylic acids is 1. The van der Waals surface area contributed by atoms with Crippen molar-refractivity contribution in [1.29, 1.82) is 0 Å². The van der Waals surface area contributed by atoms with E-state index in [9.17, 15) is 14.7 Å². The average Bonchev–Trinajstić information content (AvgIpc) is 3.23. The van der Waals surface area contributed by atoms with Crippen LogP contribution in [-0.2, 0) is 6.54 Å². The Morgan fingerprint density at radius 3 is 2.76 bits per heavy atom. The van der Waals surface area contributed by atoms with Gasteiger partial charge >= 0.3 is 5.97 Å². The number of hydrogen-bond donors (Lipinski definition) is 3. The highest BCUT2D eigenvalue weighted by Crippen LogP contribution is 2.26. The Kier molecular flexibility index (Phi) is 3.42. The number of carbonyl (C=O) groups is 2. The number of carboxylic acids is 1. The molecule has 0 aliphatic carbocycles. The topological polar surface area (TPSA) is 121 Å². The number of carbonyl (C=O) groups excluding carboxylic acids is 1. The van der Waals surface area contributed by atoms with Gasteiger partial charge < -0.3 is 14.8 Å². The summed E-state index contributed by atoms with van der Waals surface area (Å²) < 4.78 is 5.37. The van der Waals surface area contributed by atoms with Crippen molar-refractivity contribution in [2.45, 2.75) is 6.54 Å². The molecular formula is C17H12N4O4. The van der Waals surface area contributed by atoms with Crippen molar-refractivity contribution < 1.29 is 19.1 Å². The number of amides is 1. The predicted octanol–water partition coefficient (Wildman–Crippen LogP) is 2.33. The van der Waals surface area contributed by atoms with Crippen molar-refractivity contribution in [1.82, 2.24) is 20.7 Å². The van der Waals surface area contributed by atoms with Crippen LogP contribution in [0.4, 0.5) is 0 Å². The molecule has 8 nitrogen and oxygen atoms in total. The van der Waals surface area contributed by atoms with Crippen LogP contribution in [0.1, 0.15) is 26.5 Å². The van der Waals surface area contributed by atoms with Crippen LogP contribution < -0.4 is 5.32 Å². The molecule has 0 saturated carbocycles. The Bertz CT molecular complexity index is 1110. The number of aromatic nitrogens is 3. The van der Waals surface area contributed by atoms with Gasteiger partial charge in [0, 0.05) is 23.1 Å². The van der Waals surface area contributed by atoms with Crippen molar-refractivity contribution in [3.63, 3.8) is 0 Å². The van der Waals surface area contributed by atoms with Crippen LogP contribution in [0.15, 0.2) is 46.9 Å². The molecule has 0 aliphatic heterocycles. The standard InChI is InChI=1S/C17H12N4O4/c22-16(9-5-6-12-13(7-9)20-21-19-12)18-8-11-10-3-1-2-4-14(10)25-15(11)17(23)24/h1-7H,8H2,(H,18,22)(H,23,24)(H,19,20,21). The first-order valence-electron chi connectivity index (χ1n) is 7.46. The molecule has 0 spiro atoms. The van der Waals surface area contributed by atoms with E-state index in [0.717, 1.165) is 0 Å². The first-order chi connectivity index (χ1) is 12.1. The zero-order valence-electron chi connectivity index (χ0n) is 12.8. The molecule has 0 aliphatic rings. The summed E-state index contributed by atoms with van der Waals surface area (Å²) in [5.74, 6) is -1.69. The largest absolute Gasteiger partial charge is 0.475 e. The highest BCUT2D eigenvalue weighted by atomic mass is 16.4.